The van der Waals surface area contributed by atoms with Crippen molar-refractivity contribution in [3.63, 3.8) is 0 Å². The van der Waals surface area contributed by atoms with E-state index in [0.717, 1.165) is 24.9 Å². The van der Waals surface area contributed by atoms with Crippen molar-refractivity contribution in [2.24, 2.45) is 0 Å². The minimum absolute atomic E-state index is 0.0212. The SMILES string of the molecule is CCC(CC)(CNC1CC1)c1ccc(F)cc1Cl. The highest BCUT2D eigenvalue weighted by atomic mass is 35.5. The molecule has 1 nitrogen and oxygen atoms in total. The van der Waals surface area contributed by atoms with Crippen molar-refractivity contribution in [3.8, 4) is 0 Å². The van der Waals surface area contributed by atoms with Crippen molar-refractivity contribution in [2.45, 2.75) is 51.0 Å². The van der Waals surface area contributed by atoms with E-state index in [-0.39, 0.29) is 11.2 Å². The third-order valence-electron chi connectivity index (χ3n) is 4.16. The molecule has 18 heavy (non-hydrogen) atoms. The van der Waals surface area contributed by atoms with E-state index in [1.54, 1.807) is 0 Å². The van der Waals surface area contributed by atoms with E-state index in [1.807, 2.05) is 6.07 Å². The number of halogens is 2. The van der Waals surface area contributed by atoms with Gasteiger partial charge >= 0.3 is 0 Å². The van der Waals surface area contributed by atoms with Gasteiger partial charge in [0.1, 0.15) is 5.82 Å². The third-order valence-corrected chi connectivity index (χ3v) is 4.48. The van der Waals surface area contributed by atoms with Crippen molar-refractivity contribution in [1.82, 2.24) is 5.32 Å². The number of hydrogen-bond donors (Lipinski definition) is 1. The molecule has 1 N–H and O–H groups in total. The van der Waals surface area contributed by atoms with Crippen LogP contribution in [0.3, 0.4) is 0 Å². The molecule has 0 atom stereocenters. The minimum Gasteiger partial charge on any atom is -0.313 e. The quantitative estimate of drug-likeness (QED) is 0.812. The first-order valence-corrected chi connectivity index (χ1v) is 7.18. The second-order valence-electron chi connectivity index (χ2n) is 5.27. The Morgan fingerprint density at radius 1 is 1.33 bits per heavy atom. The second-order valence-corrected chi connectivity index (χ2v) is 5.67. The maximum Gasteiger partial charge on any atom is 0.124 e. The zero-order chi connectivity index (χ0) is 13.2. The summed E-state index contributed by atoms with van der Waals surface area (Å²) in [5, 5.41) is 4.14. The van der Waals surface area contributed by atoms with Crippen LogP contribution in [0.1, 0.15) is 45.1 Å². The molecule has 2 rings (SSSR count). The van der Waals surface area contributed by atoms with Crippen molar-refractivity contribution in [3.05, 3.63) is 34.6 Å². The van der Waals surface area contributed by atoms with Gasteiger partial charge in [0.05, 0.1) is 0 Å². The molecular weight excluding hydrogens is 249 g/mol. The number of hydrogen-bond acceptors (Lipinski definition) is 1. The molecule has 0 spiro atoms. The van der Waals surface area contributed by atoms with Gasteiger partial charge in [-0.2, -0.15) is 0 Å². The van der Waals surface area contributed by atoms with Gasteiger partial charge < -0.3 is 5.32 Å². The summed E-state index contributed by atoms with van der Waals surface area (Å²) in [4.78, 5) is 0. The van der Waals surface area contributed by atoms with Crippen LogP contribution < -0.4 is 5.32 Å². The molecule has 1 fully saturated rings. The monoisotopic (exact) mass is 269 g/mol. The number of nitrogens with one attached hydrogen (secondary N) is 1. The highest BCUT2D eigenvalue weighted by molar-refractivity contribution is 6.31. The van der Waals surface area contributed by atoms with Crippen LogP contribution in [0.4, 0.5) is 4.39 Å². The van der Waals surface area contributed by atoms with Crippen molar-refractivity contribution < 1.29 is 4.39 Å². The van der Waals surface area contributed by atoms with Gasteiger partial charge in [0.25, 0.3) is 0 Å². The average Bonchev–Trinajstić information content (AvgIpc) is 3.16. The van der Waals surface area contributed by atoms with Crippen LogP contribution in [-0.2, 0) is 5.41 Å². The first kappa shape index (κ1) is 13.8. The van der Waals surface area contributed by atoms with Gasteiger partial charge in [0.2, 0.25) is 0 Å². The molecule has 1 aliphatic carbocycles. The summed E-state index contributed by atoms with van der Waals surface area (Å²) < 4.78 is 13.2. The maximum atomic E-state index is 13.2. The Labute approximate surface area is 114 Å². The van der Waals surface area contributed by atoms with Crippen molar-refractivity contribution in [2.75, 3.05) is 6.54 Å². The first-order chi connectivity index (χ1) is 8.61. The summed E-state index contributed by atoms with van der Waals surface area (Å²) in [7, 11) is 0. The highest BCUT2D eigenvalue weighted by Crippen LogP contribution is 2.37. The smallest absolute Gasteiger partial charge is 0.124 e. The van der Waals surface area contributed by atoms with Crippen LogP contribution in [0.15, 0.2) is 18.2 Å². The second kappa shape index (κ2) is 5.58. The van der Waals surface area contributed by atoms with E-state index in [0.29, 0.717) is 11.1 Å². The van der Waals surface area contributed by atoms with Gasteiger partial charge in [-0.15, -0.1) is 0 Å². The predicted octanol–water partition coefficient (Wildman–Crippen LogP) is 4.29. The summed E-state index contributed by atoms with van der Waals surface area (Å²) in [6.07, 6.45) is 4.57. The fraction of sp³-hybridized carbons (Fsp3) is 0.600. The van der Waals surface area contributed by atoms with E-state index in [1.165, 1.54) is 25.0 Å². The summed E-state index contributed by atoms with van der Waals surface area (Å²) in [5.74, 6) is -0.264. The van der Waals surface area contributed by atoms with E-state index in [2.05, 4.69) is 19.2 Å². The molecule has 0 aliphatic heterocycles. The van der Waals surface area contributed by atoms with Crippen LogP contribution in [-0.4, -0.2) is 12.6 Å². The lowest BCUT2D eigenvalue weighted by atomic mass is 9.75. The minimum atomic E-state index is -0.264. The largest absolute Gasteiger partial charge is 0.313 e. The molecule has 0 heterocycles. The van der Waals surface area contributed by atoms with Crippen LogP contribution >= 0.6 is 11.6 Å². The lowest BCUT2D eigenvalue weighted by molar-refractivity contribution is 0.367. The van der Waals surface area contributed by atoms with Crippen LogP contribution in [0.5, 0.6) is 0 Å². The van der Waals surface area contributed by atoms with Crippen molar-refractivity contribution in [1.29, 1.82) is 0 Å². The average molecular weight is 270 g/mol. The normalized spacial score (nSPS) is 16.0. The molecule has 3 heteroatoms. The lowest BCUT2D eigenvalue weighted by Gasteiger charge is -2.33. The molecule has 1 aliphatic rings. The fourth-order valence-electron chi connectivity index (χ4n) is 2.52. The molecular formula is C15H21ClFN. The van der Waals surface area contributed by atoms with Crippen LogP contribution in [0.2, 0.25) is 5.02 Å². The van der Waals surface area contributed by atoms with Gasteiger partial charge in [-0.05, 0) is 43.4 Å². The van der Waals surface area contributed by atoms with Crippen molar-refractivity contribution >= 4 is 11.6 Å². The van der Waals surface area contributed by atoms with E-state index in [4.69, 9.17) is 11.6 Å². The Kier molecular flexibility index (Phi) is 4.29. The molecule has 0 bridgehead atoms. The summed E-state index contributed by atoms with van der Waals surface area (Å²) in [5.41, 5.74) is 1.09. The molecule has 0 amide bonds. The Morgan fingerprint density at radius 3 is 2.50 bits per heavy atom. The molecule has 1 saturated carbocycles. The topological polar surface area (TPSA) is 12.0 Å². The predicted molar refractivity (Wildman–Crippen MR) is 74.7 cm³/mol. The summed E-state index contributed by atoms with van der Waals surface area (Å²) >= 11 is 6.23. The zero-order valence-corrected chi connectivity index (χ0v) is 11.9. The van der Waals surface area contributed by atoms with Gasteiger partial charge in [0, 0.05) is 23.0 Å². The summed E-state index contributed by atoms with van der Waals surface area (Å²) in [6.45, 7) is 5.28. The number of benzene rings is 1. The fourth-order valence-corrected chi connectivity index (χ4v) is 2.89. The molecule has 0 radical (unpaired) electrons. The highest BCUT2D eigenvalue weighted by Gasteiger charge is 2.33. The Hall–Kier alpha value is -0.600. The van der Waals surface area contributed by atoms with Crippen LogP contribution in [0.25, 0.3) is 0 Å². The van der Waals surface area contributed by atoms with Gasteiger partial charge in [-0.3, -0.25) is 0 Å². The lowest BCUT2D eigenvalue weighted by Crippen LogP contribution is -2.38. The molecule has 0 aromatic heterocycles. The third kappa shape index (κ3) is 2.86. The Bertz CT molecular complexity index is 411. The number of rotatable bonds is 6. The van der Waals surface area contributed by atoms with E-state index in [9.17, 15) is 4.39 Å². The van der Waals surface area contributed by atoms with Gasteiger partial charge in [0.15, 0.2) is 0 Å². The van der Waals surface area contributed by atoms with Crippen LogP contribution in [0, 0.1) is 5.82 Å². The maximum absolute atomic E-state index is 13.2. The Balaban J connectivity index is 2.25. The zero-order valence-electron chi connectivity index (χ0n) is 11.1. The standard InChI is InChI=1S/C15H21ClFN/c1-3-15(4-2,10-18-12-6-7-12)13-8-5-11(17)9-14(13)16/h5,8-9,12,18H,3-4,6-7,10H2,1-2H3. The first-order valence-electron chi connectivity index (χ1n) is 6.80. The molecule has 0 unspecified atom stereocenters. The molecule has 0 saturated heterocycles. The van der Waals surface area contributed by atoms with E-state index >= 15 is 0 Å². The molecule has 1 aromatic rings. The molecule has 1 aromatic carbocycles. The Morgan fingerprint density at radius 2 is 2.00 bits per heavy atom. The van der Waals surface area contributed by atoms with E-state index < -0.39 is 0 Å². The van der Waals surface area contributed by atoms with Gasteiger partial charge in [-0.25, -0.2) is 4.39 Å². The van der Waals surface area contributed by atoms with Gasteiger partial charge in [-0.1, -0.05) is 31.5 Å². The summed E-state index contributed by atoms with van der Waals surface area (Å²) in [6, 6.07) is 5.47. The molecule has 100 valence electrons.